The second kappa shape index (κ2) is 10.4. The van der Waals surface area contributed by atoms with E-state index in [1.807, 2.05) is 25.1 Å². The number of nitrogens with one attached hydrogen (secondary N) is 1. The normalized spacial score (nSPS) is 16.6. The van der Waals surface area contributed by atoms with Crippen LogP contribution >= 0.6 is 11.6 Å². The molecule has 1 N–H and O–H groups in total. The zero-order valence-corrected chi connectivity index (χ0v) is 18.9. The van der Waals surface area contributed by atoms with Crippen molar-refractivity contribution in [2.75, 3.05) is 13.1 Å². The van der Waals surface area contributed by atoms with E-state index in [-0.39, 0.29) is 27.4 Å². The highest BCUT2D eigenvalue weighted by Crippen LogP contribution is 2.25. The van der Waals surface area contributed by atoms with Gasteiger partial charge in [-0.3, -0.25) is 4.79 Å². The maximum Gasteiger partial charge on any atom is 0.253 e. The Bertz CT molecular complexity index is 956. The van der Waals surface area contributed by atoms with Gasteiger partial charge in [0.15, 0.2) is 0 Å². The van der Waals surface area contributed by atoms with E-state index in [0.717, 1.165) is 38.5 Å². The molecule has 7 heteroatoms. The van der Waals surface area contributed by atoms with Crippen LogP contribution in [0.3, 0.4) is 0 Å². The highest BCUT2D eigenvalue weighted by molar-refractivity contribution is 7.89. The van der Waals surface area contributed by atoms with Gasteiger partial charge in [0.2, 0.25) is 10.0 Å². The van der Waals surface area contributed by atoms with Crippen molar-refractivity contribution in [3.05, 3.63) is 64.7 Å². The lowest BCUT2D eigenvalue weighted by atomic mass is 10.1. The molecule has 0 saturated carbocycles. The molecule has 3 rings (SSSR count). The predicted octanol–water partition coefficient (Wildman–Crippen LogP) is 4.66. The number of hydrogen-bond acceptors (Lipinski definition) is 3. The van der Waals surface area contributed by atoms with Gasteiger partial charge in [0, 0.05) is 19.1 Å². The van der Waals surface area contributed by atoms with E-state index in [2.05, 4.69) is 17.4 Å². The topological polar surface area (TPSA) is 66.5 Å². The third-order valence-electron chi connectivity index (χ3n) is 5.47. The Kier molecular flexibility index (Phi) is 7.92. The van der Waals surface area contributed by atoms with Gasteiger partial charge in [0.25, 0.3) is 5.91 Å². The van der Waals surface area contributed by atoms with Crippen LogP contribution in [0.4, 0.5) is 0 Å². The maximum atomic E-state index is 13.1. The lowest BCUT2D eigenvalue weighted by Gasteiger charge is -2.21. The summed E-state index contributed by atoms with van der Waals surface area (Å²) < 4.78 is 27.6. The summed E-state index contributed by atoms with van der Waals surface area (Å²) in [5.41, 5.74) is 1.40. The van der Waals surface area contributed by atoms with Gasteiger partial charge in [-0.25, -0.2) is 8.42 Å². The van der Waals surface area contributed by atoms with Gasteiger partial charge in [-0.1, -0.05) is 54.8 Å². The van der Waals surface area contributed by atoms with E-state index in [1.165, 1.54) is 28.1 Å². The minimum Gasteiger partial charge on any atom is -0.350 e. The third kappa shape index (κ3) is 5.84. The van der Waals surface area contributed by atoms with E-state index in [9.17, 15) is 13.2 Å². The molecule has 1 amide bonds. The van der Waals surface area contributed by atoms with Crippen LogP contribution < -0.4 is 5.32 Å². The van der Waals surface area contributed by atoms with Crippen LogP contribution in [0.15, 0.2) is 53.4 Å². The molecule has 2 aromatic rings. The van der Waals surface area contributed by atoms with Gasteiger partial charge in [-0.05, 0) is 56.4 Å². The summed E-state index contributed by atoms with van der Waals surface area (Å²) in [7, 11) is -3.64. The summed E-state index contributed by atoms with van der Waals surface area (Å²) in [4.78, 5) is 12.9. The molecular weight excluding hydrogens is 420 g/mol. The monoisotopic (exact) mass is 448 g/mol. The van der Waals surface area contributed by atoms with Crippen molar-refractivity contribution in [3.8, 4) is 0 Å². The molecule has 1 atom stereocenters. The van der Waals surface area contributed by atoms with Crippen LogP contribution in [-0.2, 0) is 16.4 Å². The second-order valence-corrected chi connectivity index (χ2v) is 10.2. The zero-order valence-electron chi connectivity index (χ0n) is 17.3. The smallest absolute Gasteiger partial charge is 0.253 e. The van der Waals surface area contributed by atoms with E-state index in [1.54, 1.807) is 0 Å². The first-order valence-electron chi connectivity index (χ1n) is 10.5. The summed E-state index contributed by atoms with van der Waals surface area (Å²) in [5, 5.41) is 3.19. The molecule has 0 bridgehead atoms. The predicted molar refractivity (Wildman–Crippen MR) is 120 cm³/mol. The summed E-state index contributed by atoms with van der Waals surface area (Å²) >= 11 is 6.24. The molecule has 5 nitrogen and oxygen atoms in total. The van der Waals surface area contributed by atoms with Gasteiger partial charge in [-0.2, -0.15) is 4.31 Å². The molecule has 1 saturated heterocycles. The number of hydrogen-bond donors (Lipinski definition) is 1. The van der Waals surface area contributed by atoms with E-state index < -0.39 is 10.0 Å². The summed E-state index contributed by atoms with van der Waals surface area (Å²) in [5.74, 6) is -0.353. The zero-order chi connectivity index (χ0) is 21.6. The molecule has 30 heavy (non-hydrogen) atoms. The fourth-order valence-corrected chi connectivity index (χ4v) is 5.42. The average molecular weight is 449 g/mol. The fraction of sp³-hybridized carbons (Fsp3) is 0.435. The van der Waals surface area contributed by atoms with Gasteiger partial charge in [0.1, 0.15) is 0 Å². The molecule has 0 unspecified atom stereocenters. The Morgan fingerprint density at radius 1 is 1.07 bits per heavy atom. The van der Waals surface area contributed by atoms with Crippen molar-refractivity contribution in [3.63, 3.8) is 0 Å². The molecular formula is C23H29ClN2O3S. The molecule has 162 valence electrons. The number of halogens is 1. The number of sulfonamides is 1. The van der Waals surface area contributed by atoms with Gasteiger partial charge in [0.05, 0.1) is 15.5 Å². The minimum atomic E-state index is -3.64. The second-order valence-electron chi connectivity index (χ2n) is 7.86. The minimum absolute atomic E-state index is 0.0698. The highest BCUT2D eigenvalue weighted by atomic mass is 35.5. The first-order valence-corrected chi connectivity index (χ1v) is 12.3. The number of carbonyl (C=O) groups excluding carboxylic acids is 1. The summed E-state index contributed by atoms with van der Waals surface area (Å²) in [6.07, 6.45) is 5.43. The summed E-state index contributed by atoms with van der Waals surface area (Å²) in [6, 6.07) is 14.4. The lowest BCUT2D eigenvalue weighted by molar-refractivity contribution is 0.0938. The van der Waals surface area contributed by atoms with Gasteiger partial charge >= 0.3 is 0 Å². The SMILES string of the molecule is C[C@@H](CCc1ccccc1)NC(=O)c1cc(S(=O)(=O)N2CCCCCC2)ccc1Cl. The number of nitrogens with zero attached hydrogens (tertiary/aromatic N) is 1. The molecule has 1 heterocycles. The molecule has 1 aliphatic heterocycles. The fourth-order valence-electron chi connectivity index (χ4n) is 3.67. The standard InChI is InChI=1S/C23H29ClN2O3S/c1-18(11-12-19-9-5-4-6-10-19)25-23(27)21-17-20(13-14-22(21)24)30(28,29)26-15-7-2-3-8-16-26/h4-6,9-10,13-14,17-18H,2-3,7-8,11-12,15-16H2,1H3,(H,25,27)/t18-/m0/s1. The Balaban J connectivity index is 1.70. The average Bonchev–Trinajstić information content (AvgIpc) is 3.03. The van der Waals surface area contributed by atoms with Crippen LogP contribution in [0.25, 0.3) is 0 Å². The van der Waals surface area contributed by atoms with Gasteiger partial charge in [-0.15, -0.1) is 0 Å². The molecule has 0 spiro atoms. The Morgan fingerprint density at radius 2 is 1.73 bits per heavy atom. The van der Waals surface area contributed by atoms with Crippen molar-refractivity contribution in [1.82, 2.24) is 9.62 Å². The van der Waals surface area contributed by atoms with Crippen LogP contribution in [-0.4, -0.2) is 37.8 Å². The molecule has 0 aromatic heterocycles. The number of carbonyl (C=O) groups is 1. The molecule has 0 radical (unpaired) electrons. The molecule has 2 aromatic carbocycles. The van der Waals surface area contributed by atoms with Crippen molar-refractivity contribution in [1.29, 1.82) is 0 Å². The first-order chi connectivity index (χ1) is 14.4. The van der Waals surface area contributed by atoms with E-state index in [4.69, 9.17) is 11.6 Å². The van der Waals surface area contributed by atoms with Crippen LogP contribution in [0.2, 0.25) is 5.02 Å². The third-order valence-corrected chi connectivity index (χ3v) is 7.70. The van der Waals surface area contributed by atoms with Crippen molar-refractivity contribution in [2.45, 2.75) is 56.4 Å². The van der Waals surface area contributed by atoms with Crippen LogP contribution in [0, 0.1) is 0 Å². The number of rotatable bonds is 7. The lowest BCUT2D eigenvalue weighted by Crippen LogP contribution is -2.34. The Morgan fingerprint density at radius 3 is 2.40 bits per heavy atom. The van der Waals surface area contributed by atoms with Crippen molar-refractivity contribution < 1.29 is 13.2 Å². The Labute approximate surface area is 184 Å². The van der Waals surface area contributed by atoms with Crippen LogP contribution in [0.1, 0.15) is 54.9 Å². The molecule has 1 aliphatic rings. The van der Waals surface area contributed by atoms with E-state index in [0.29, 0.717) is 13.1 Å². The summed E-state index contributed by atoms with van der Waals surface area (Å²) in [6.45, 7) is 2.97. The quantitative estimate of drug-likeness (QED) is 0.670. The number of benzene rings is 2. The largest absolute Gasteiger partial charge is 0.350 e. The van der Waals surface area contributed by atoms with Crippen molar-refractivity contribution >= 4 is 27.5 Å². The van der Waals surface area contributed by atoms with Crippen molar-refractivity contribution in [2.24, 2.45) is 0 Å². The Hall–Kier alpha value is -1.89. The molecule has 0 aliphatic carbocycles. The van der Waals surface area contributed by atoms with E-state index >= 15 is 0 Å². The molecule has 1 fully saturated rings. The number of aryl methyl sites for hydroxylation is 1. The van der Waals surface area contributed by atoms with Gasteiger partial charge < -0.3 is 5.32 Å². The maximum absolute atomic E-state index is 13.1. The highest BCUT2D eigenvalue weighted by Gasteiger charge is 2.26. The first kappa shape index (κ1) is 22.8. The van der Waals surface area contributed by atoms with Crippen LogP contribution in [0.5, 0.6) is 0 Å². The number of amides is 1.